The highest BCUT2D eigenvalue weighted by Gasteiger charge is 2.24. The van der Waals surface area contributed by atoms with Gasteiger partial charge in [0.25, 0.3) is 0 Å². The topological polar surface area (TPSA) is 81.1 Å². The lowest BCUT2D eigenvalue weighted by atomic mass is 10.0. The second kappa shape index (κ2) is 10.6. The van der Waals surface area contributed by atoms with Crippen molar-refractivity contribution >= 4 is 11.6 Å². The molecule has 3 aromatic carbocycles. The van der Waals surface area contributed by atoms with Gasteiger partial charge in [-0.3, -0.25) is 10.1 Å². The number of para-hydroxylation sites is 2. The van der Waals surface area contributed by atoms with Crippen LogP contribution in [-0.4, -0.2) is 27.3 Å². The van der Waals surface area contributed by atoms with E-state index in [-0.39, 0.29) is 11.9 Å². The standard InChI is InChI=1S/C26H27N5O2/c1-3-33-24-12-8-7-11-23(24)30-26(32)25(21-9-5-4-6-10-21)29-19(2)20-13-15-22(16-14-20)31-18-27-17-28-31/h4-19,25,29H,3H2,1-2H3,(H,30,32)/t19-,25-/m1/s1. The van der Waals surface area contributed by atoms with Crippen LogP contribution >= 0.6 is 0 Å². The third-order valence-electron chi connectivity index (χ3n) is 5.33. The second-order valence-electron chi connectivity index (χ2n) is 7.58. The number of aromatic nitrogens is 3. The van der Waals surface area contributed by atoms with Gasteiger partial charge >= 0.3 is 0 Å². The Kier molecular flexibility index (Phi) is 7.12. The van der Waals surface area contributed by atoms with Gasteiger partial charge in [0, 0.05) is 6.04 Å². The summed E-state index contributed by atoms with van der Waals surface area (Å²) >= 11 is 0. The number of nitrogens with one attached hydrogen (secondary N) is 2. The molecule has 1 amide bonds. The Balaban J connectivity index is 1.54. The molecule has 1 aromatic heterocycles. The summed E-state index contributed by atoms with van der Waals surface area (Å²) in [5.74, 6) is 0.497. The highest BCUT2D eigenvalue weighted by Crippen LogP contribution is 2.27. The molecule has 0 aliphatic heterocycles. The summed E-state index contributed by atoms with van der Waals surface area (Å²) in [6.45, 7) is 4.49. The first kappa shape index (κ1) is 22.2. The number of anilines is 1. The van der Waals surface area contributed by atoms with Crippen LogP contribution in [-0.2, 0) is 4.79 Å². The van der Waals surface area contributed by atoms with Crippen molar-refractivity contribution in [3.8, 4) is 11.4 Å². The molecule has 0 aliphatic carbocycles. The summed E-state index contributed by atoms with van der Waals surface area (Å²) in [5.41, 5.74) is 3.52. The number of carbonyl (C=O) groups excluding carboxylic acids is 1. The van der Waals surface area contributed by atoms with Gasteiger partial charge in [0.15, 0.2) is 0 Å². The van der Waals surface area contributed by atoms with E-state index in [1.54, 1.807) is 11.0 Å². The number of hydrogen-bond acceptors (Lipinski definition) is 5. The summed E-state index contributed by atoms with van der Waals surface area (Å²) in [6, 6.07) is 24.6. The molecule has 7 heteroatoms. The fourth-order valence-corrected chi connectivity index (χ4v) is 3.63. The van der Waals surface area contributed by atoms with Crippen LogP contribution in [0.2, 0.25) is 0 Å². The third kappa shape index (κ3) is 5.45. The molecule has 4 rings (SSSR count). The lowest BCUT2D eigenvalue weighted by Crippen LogP contribution is -2.34. The minimum atomic E-state index is -0.550. The van der Waals surface area contributed by atoms with Crippen molar-refractivity contribution in [3.05, 3.63) is 103 Å². The number of hydrogen-bond donors (Lipinski definition) is 2. The largest absolute Gasteiger partial charge is 0.492 e. The van der Waals surface area contributed by atoms with Crippen molar-refractivity contribution in [2.45, 2.75) is 25.9 Å². The molecule has 1 heterocycles. The van der Waals surface area contributed by atoms with Gasteiger partial charge in [-0.25, -0.2) is 9.67 Å². The van der Waals surface area contributed by atoms with Crippen molar-refractivity contribution in [3.63, 3.8) is 0 Å². The van der Waals surface area contributed by atoms with Gasteiger partial charge in [0.2, 0.25) is 5.91 Å². The van der Waals surface area contributed by atoms with Crippen LogP contribution in [0.4, 0.5) is 5.69 Å². The number of amides is 1. The van der Waals surface area contributed by atoms with E-state index in [0.29, 0.717) is 18.0 Å². The van der Waals surface area contributed by atoms with E-state index in [1.165, 1.54) is 6.33 Å². The Bertz CT molecular complexity index is 1160. The normalized spacial score (nSPS) is 12.7. The van der Waals surface area contributed by atoms with Gasteiger partial charge in [-0.15, -0.1) is 0 Å². The predicted molar refractivity (Wildman–Crippen MR) is 128 cm³/mol. The van der Waals surface area contributed by atoms with Crippen molar-refractivity contribution in [2.75, 3.05) is 11.9 Å². The fourth-order valence-electron chi connectivity index (χ4n) is 3.63. The summed E-state index contributed by atoms with van der Waals surface area (Å²) in [7, 11) is 0. The second-order valence-corrected chi connectivity index (χ2v) is 7.58. The maximum absolute atomic E-state index is 13.4. The molecule has 0 aliphatic rings. The average Bonchev–Trinajstić information content (AvgIpc) is 3.39. The molecular weight excluding hydrogens is 414 g/mol. The van der Waals surface area contributed by atoms with E-state index in [9.17, 15) is 4.79 Å². The average molecular weight is 442 g/mol. The molecule has 0 radical (unpaired) electrons. The maximum atomic E-state index is 13.4. The minimum absolute atomic E-state index is 0.0760. The van der Waals surface area contributed by atoms with E-state index in [4.69, 9.17) is 4.74 Å². The van der Waals surface area contributed by atoms with Crippen molar-refractivity contribution in [1.29, 1.82) is 0 Å². The lowest BCUT2D eigenvalue weighted by Gasteiger charge is -2.24. The van der Waals surface area contributed by atoms with Gasteiger partial charge < -0.3 is 10.1 Å². The molecule has 0 saturated carbocycles. The van der Waals surface area contributed by atoms with Gasteiger partial charge in [-0.1, -0.05) is 54.6 Å². The third-order valence-corrected chi connectivity index (χ3v) is 5.33. The zero-order chi connectivity index (χ0) is 23.0. The number of benzene rings is 3. The molecule has 33 heavy (non-hydrogen) atoms. The summed E-state index contributed by atoms with van der Waals surface area (Å²) in [5, 5.41) is 10.7. The first-order chi connectivity index (χ1) is 16.2. The molecule has 4 aromatic rings. The highest BCUT2D eigenvalue weighted by molar-refractivity contribution is 5.96. The van der Waals surface area contributed by atoms with Gasteiger partial charge in [-0.2, -0.15) is 5.10 Å². The molecule has 2 atom stereocenters. The van der Waals surface area contributed by atoms with Gasteiger partial charge in [0.05, 0.1) is 18.0 Å². The zero-order valence-corrected chi connectivity index (χ0v) is 18.7. The molecule has 2 N–H and O–H groups in total. The summed E-state index contributed by atoms with van der Waals surface area (Å²) in [6.07, 6.45) is 3.16. The van der Waals surface area contributed by atoms with Crippen molar-refractivity contribution < 1.29 is 9.53 Å². The van der Waals surface area contributed by atoms with Gasteiger partial charge in [0.1, 0.15) is 24.4 Å². The van der Waals surface area contributed by atoms with Crippen molar-refractivity contribution in [1.82, 2.24) is 20.1 Å². The Morgan fingerprint density at radius 2 is 1.70 bits per heavy atom. The SMILES string of the molecule is CCOc1ccccc1NC(=O)[C@H](N[C@H](C)c1ccc(-n2cncn2)cc1)c1ccccc1. The number of rotatable bonds is 9. The minimum Gasteiger partial charge on any atom is -0.492 e. The molecule has 7 nitrogen and oxygen atoms in total. The molecule has 168 valence electrons. The van der Waals surface area contributed by atoms with E-state index < -0.39 is 6.04 Å². The quantitative estimate of drug-likeness (QED) is 0.394. The number of carbonyl (C=O) groups is 1. The predicted octanol–water partition coefficient (Wildman–Crippen LogP) is 4.70. The van der Waals surface area contributed by atoms with Crippen LogP contribution in [0, 0.1) is 0 Å². The molecule has 0 fully saturated rings. The Labute approximate surface area is 193 Å². The van der Waals surface area contributed by atoms with Crippen LogP contribution < -0.4 is 15.4 Å². The Morgan fingerprint density at radius 3 is 2.39 bits per heavy atom. The summed E-state index contributed by atoms with van der Waals surface area (Å²) in [4.78, 5) is 17.4. The zero-order valence-electron chi connectivity index (χ0n) is 18.7. The van der Waals surface area contributed by atoms with Crippen LogP contribution in [0.15, 0.2) is 91.5 Å². The fraction of sp³-hybridized carbons (Fsp3) is 0.192. The molecule has 0 bridgehead atoms. The van der Waals surface area contributed by atoms with E-state index in [2.05, 4.69) is 20.7 Å². The highest BCUT2D eigenvalue weighted by atomic mass is 16.5. The molecule has 0 spiro atoms. The number of ether oxygens (including phenoxy) is 1. The van der Waals surface area contributed by atoms with E-state index >= 15 is 0 Å². The molecule has 0 unspecified atom stereocenters. The van der Waals surface area contributed by atoms with Crippen LogP contribution in [0.5, 0.6) is 5.75 Å². The summed E-state index contributed by atoms with van der Waals surface area (Å²) < 4.78 is 7.38. The van der Waals surface area contributed by atoms with E-state index in [0.717, 1.165) is 16.8 Å². The molecule has 0 saturated heterocycles. The van der Waals surface area contributed by atoms with E-state index in [1.807, 2.05) is 92.7 Å². The van der Waals surface area contributed by atoms with Crippen LogP contribution in [0.1, 0.15) is 37.1 Å². The monoisotopic (exact) mass is 441 g/mol. The maximum Gasteiger partial charge on any atom is 0.246 e. The smallest absolute Gasteiger partial charge is 0.246 e. The first-order valence-electron chi connectivity index (χ1n) is 10.9. The first-order valence-corrected chi connectivity index (χ1v) is 10.9. The van der Waals surface area contributed by atoms with Crippen LogP contribution in [0.3, 0.4) is 0 Å². The van der Waals surface area contributed by atoms with Gasteiger partial charge in [-0.05, 0) is 49.2 Å². The lowest BCUT2D eigenvalue weighted by molar-refractivity contribution is -0.118. The Hall–Kier alpha value is -3.97. The molecular formula is C26H27N5O2. The number of nitrogens with zero attached hydrogens (tertiary/aromatic N) is 3. The van der Waals surface area contributed by atoms with Crippen molar-refractivity contribution in [2.24, 2.45) is 0 Å². The van der Waals surface area contributed by atoms with Crippen LogP contribution in [0.25, 0.3) is 5.69 Å². The Morgan fingerprint density at radius 1 is 0.970 bits per heavy atom.